The van der Waals surface area contributed by atoms with Crippen LogP contribution >= 0.6 is 11.6 Å². The number of benzene rings is 1. The molecule has 0 radical (unpaired) electrons. The average Bonchev–Trinajstić information content (AvgIpc) is 2.48. The molecule has 1 unspecified atom stereocenters. The molecule has 0 saturated carbocycles. The van der Waals surface area contributed by atoms with E-state index < -0.39 is 23.6 Å². The Kier molecular flexibility index (Phi) is 5.01. The number of allylic oxidation sites excluding steroid dienone is 1. The fourth-order valence-electron chi connectivity index (χ4n) is 3.18. The van der Waals surface area contributed by atoms with E-state index in [4.69, 9.17) is 21.1 Å². The van der Waals surface area contributed by atoms with Crippen molar-refractivity contribution in [2.45, 2.75) is 50.9 Å². The average molecular weight is 367 g/mol. The van der Waals surface area contributed by atoms with Gasteiger partial charge in [-0.1, -0.05) is 17.7 Å². The highest BCUT2D eigenvalue weighted by molar-refractivity contribution is 6.33. The molecule has 2 bridgehead atoms. The fourth-order valence-corrected chi connectivity index (χ4v) is 3.40. The minimum Gasteiger partial charge on any atom is -0.507 e. The van der Waals surface area contributed by atoms with Crippen LogP contribution in [0.15, 0.2) is 18.2 Å². The molecule has 1 aromatic rings. The molecule has 134 valence electrons. The Morgan fingerprint density at radius 2 is 1.88 bits per heavy atom. The number of esters is 1. The van der Waals surface area contributed by atoms with Crippen molar-refractivity contribution in [2.24, 2.45) is 0 Å². The van der Waals surface area contributed by atoms with Crippen LogP contribution in [0.1, 0.15) is 42.1 Å². The molecule has 0 spiro atoms. The van der Waals surface area contributed by atoms with Gasteiger partial charge in [0.05, 0.1) is 17.2 Å². The number of phenolic OH excluding ortho intramolecular Hbond substituents is 2. The van der Waals surface area contributed by atoms with Crippen LogP contribution in [0.2, 0.25) is 5.02 Å². The van der Waals surface area contributed by atoms with Gasteiger partial charge in [0.25, 0.3) is 0 Å². The maximum atomic E-state index is 12.5. The van der Waals surface area contributed by atoms with E-state index in [0.29, 0.717) is 12.8 Å². The van der Waals surface area contributed by atoms with Gasteiger partial charge in [0.15, 0.2) is 5.78 Å². The molecule has 6 nitrogen and oxygen atoms in total. The van der Waals surface area contributed by atoms with E-state index >= 15 is 0 Å². The second-order valence-electron chi connectivity index (χ2n) is 6.43. The van der Waals surface area contributed by atoms with Crippen LogP contribution in [0.4, 0.5) is 0 Å². The van der Waals surface area contributed by atoms with Crippen molar-refractivity contribution in [3.8, 4) is 11.5 Å². The first-order valence-corrected chi connectivity index (χ1v) is 8.52. The summed E-state index contributed by atoms with van der Waals surface area (Å²) in [6.07, 6.45) is 4.58. The molecule has 0 aliphatic carbocycles. The van der Waals surface area contributed by atoms with Gasteiger partial charge >= 0.3 is 5.97 Å². The van der Waals surface area contributed by atoms with Gasteiger partial charge in [-0.25, -0.2) is 4.79 Å². The van der Waals surface area contributed by atoms with Gasteiger partial charge in [-0.3, -0.25) is 4.79 Å². The van der Waals surface area contributed by atoms with E-state index in [1.54, 1.807) is 13.0 Å². The smallest absolute Gasteiger partial charge is 0.342 e. The minimum absolute atomic E-state index is 0.0105. The third-order valence-electron chi connectivity index (χ3n) is 4.39. The highest BCUT2D eigenvalue weighted by Gasteiger charge is 2.32. The zero-order valence-corrected chi connectivity index (χ0v) is 14.5. The summed E-state index contributed by atoms with van der Waals surface area (Å²) in [7, 11) is 0. The Morgan fingerprint density at radius 1 is 1.16 bits per heavy atom. The molecular formula is C18H19ClO6. The quantitative estimate of drug-likeness (QED) is 0.686. The van der Waals surface area contributed by atoms with Gasteiger partial charge in [0, 0.05) is 30.9 Å². The number of ketones is 1. The van der Waals surface area contributed by atoms with E-state index in [-0.39, 0.29) is 40.6 Å². The number of hydrogen-bond donors (Lipinski definition) is 2. The number of phenols is 2. The van der Waals surface area contributed by atoms with Gasteiger partial charge in [-0.15, -0.1) is 0 Å². The normalized spacial score (nSPS) is 28.3. The third-order valence-corrected chi connectivity index (χ3v) is 4.81. The number of carbonyl (C=O) groups is 2. The molecule has 0 aromatic heterocycles. The number of ether oxygens (including phenoxy) is 2. The predicted molar refractivity (Wildman–Crippen MR) is 90.0 cm³/mol. The Balaban J connectivity index is 1.99. The number of aromatic hydroxyl groups is 2. The van der Waals surface area contributed by atoms with Gasteiger partial charge in [-0.2, -0.15) is 0 Å². The van der Waals surface area contributed by atoms with Crippen LogP contribution in [-0.2, 0) is 20.7 Å². The molecular weight excluding hydrogens is 348 g/mol. The lowest BCUT2D eigenvalue weighted by Crippen LogP contribution is -2.39. The van der Waals surface area contributed by atoms with Crippen LogP contribution in [0.5, 0.6) is 11.5 Å². The Morgan fingerprint density at radius 3 is 2.60 bits per heavy atom. The van der Waals surface area contributed by atoms with Crippen molar-refractivity contribution in [2.75, 3.05) is 0 Å². The summed E-state index contributed by atoms with van der Waals surface area (Å²) in [5.74, 6) is -1.96. The molecule has 25 heavy (non-hydrogen) atoms. The Bertz CT molecular complexity index is 736. The summed E-state index contributed by atoms with van der Waals surface area (Å²) in [6.45, 7) is 1.74. The SMILES string of the molecule is C[C@H]1CC2C[C@H](C/C=C/C(=O)Cc3c(Cl)c(O)cc(O)c3C(=O)O1)O2. The molecule has 3 atom stereocenters. The number of rotatable bonds is 0. The first-order valence-electron chi connectivity index (χ1n) is 8.14. The fraction of sp³-hybridized carbons (Fsp3) is 0.444. The topological polar surface area (TPSA) is 93.1 Å². The molecule has 4 rings (SSSR count). The van der Waals surface area contributed by atoms with Crippen molar-refractivity contribution in [1.82, 2.24) is 0 Å². The van der Waals surface area contributed by atoms with Crippen molar-refractivity contribution in [1.29, 1.82) is 0 Å². The molecule has 1 saturated heterocycles. The summed E-state index contributed by atoms with van der Waals surface area (Å²) in [6, 6.07) is 0.968. The lowest BCUT2D eigenvalue weighted by atomic mass is 9.96. The first kappa shape index (κ1) is 17.8. The van der Waals surface area contributed by atoms with E-state index in [1.165, 1.54) is 6.08 Å². The van der Waals surface area contributed by atoms with Gasteiger partial charge in [0.2, 0.25) is 0 Å². The van der Waals surface area contributed by atoms with Gasteiger partial charge in [0.1, 0.15) is 23.2 Å². The maximum Gasteiger partial charge on any atom is 0.342 e. The van der Waals surface area contributed by atoms with E-state index in [9.17, 15) is 19.8 Å². The molecule has 1 fully saturated rings. The lowest BCUT2D eigenvalue weighted by molar-refractivity contribution is -0.135. The summed E-state index contributed by atoms with van der Waals surface area (Å²) in [5.41, 5.74) is -0.134. The van der Waals surface area contributed by atoms with Gasteiger partial charge < -0.3 is 19.7 Å². The lowest BCUT2D eigenvalue weighted by Gasteiger charge is -2.37. The zero-order valence-electron chi connectivity index (χ0n) is 13.7. The van der Waals surface area contributed by atoms with Gasteiger partial charge in [-0.05, 0) is 19.4 Å². The maximum absolute atomic E-state index is 12.5. The van der Waals surface area contributed by atoms with Crippen molar-refractivity contribution in [3.05, 3.63) is 34.4 Å². The highest BCUT2D eigenvalue weighted by Crippen LogP contribution is 2.37. The summed E-state index contributed by atoms with van der Waals surface area (Å²) < 4.78 is 11.1. The summed E-state index contributed by atoms with van der Waals surface area (Å²) in [4.78, 5) is 24.7. The van der Waals surface area contributed by atoms with Crippen LogP contribution in [0, 0.1) is 0 Å². The number of fused-ring (bicyclic) bond motifs is 6. The van der Waals surface area contributed by atoms with Crippen molar-refractivity contribution < 1.29 is 29.3 Å². The molecule has 3 aliphatic rings. The summed E-state index contributed by atoms with van der Waals surface area (Å²) >= 11 is 6.07. The summed E-state index contributed by atoms with van der Waals surface area (Å²) in [5, 5.41) is 19.8. The Labute approximate surface area is 150 Å². The van der Waals surface area contributed by atoms with Crippen LogP contribution in [-0.4, -0.2) is 40.3 Å². The Hall–Kier alpha value is -2.05. The second kappa shape index (κ2) is 7.06. The standard InChI is InChI=1S/C18H19ClO6/c1-9-5-12-7-11(25-12)4-2-3-10(20)6-13-16(18(23)24-9)14(21)8-15(22)17(13)19/h2-3,8-9,11-12,21-22H,4-7H2,1H3/b3-2+/t9-,11-,12?/m0/s1. The second-order valence-corrected chi connectivity index (χ2v) is 6.81. The molecule has 1 aromatic carbocycles. The van der Waals surface area contributed by atoms with E-state index in [0.717, 1.165) is 12.5 Å². The predicted octanol–water partition coefficient (Wildman–Crippen LogP) is 2.92. The first-order chi connectivity index (χ1) is 11.8. The number of carbonyl (C=O) groups excluding carboxylic acids is 2. The van der Waals surface area contributed by atoms with Crippen molar-refractivity contribution in [3.63, 3.8) is 0 Å². The molecule has 3 heterocycles. The van der Waals surface area contributed by atoms with Crippen LogP contribution in [0.25, 0.3) is 0 Å². The molecule has 2 N–H and O–H groups in total. The van der Waals surface area contributed by atoms with Crippen LogP contribution in [0.3, 0.4) is 0 Å². The molecule has 7 heteroatoms. The van der Waals surface area contributed by atoms with Crippen molar-refractivity contribution >= 4 is 23.4 Å². The number of hydrogen-bond acceptors (Lipinski definition) is 6. The highest BCUT2D eigenvalue weighted by atomic mass is 35.5. The molecule has 3 aliphatic heterocycles. The van der Waals surface area contributed by atoms with E-state index in [2.05, 4.69) is 0 Å². The number of halogens is 1. The monoisotopic (exact) mass is 366 g/mol. The van der Waals surface area contributed by atoms with Crippen LogP contribution < -0.4 is 0 Å². The third kappa shape index (κ3) is 3.80. The minimum atomic E-state index is -0.786. The molecule has 0 amide bonds. The van der Waals surface area contributed by atoms with E-state index in [1.807, 2.05) is 0 Å². The zero-order chi connectivity index (χ0) is 18.1. The largest absolute Gasteiger partial charge is 0.507 e.